The van der Waals surface area contributed by atoms with E-state index in [0.717, 1.165) is 32.6 Å². The quantitative estimate of drug-likeness (QED) is 0.822. The lowest BCUT2D eigenvalue weighted by Gasteiger charge is -2.45. The fraction of sp³-hybridized carbons (Fsp3) is 0.714. The molecule has 1 amide bonds. The minimum Gasteiger partial charge on any atom is -0.337 e. The number of carbonyl (C=O) groups is 1. The van der Waals surface area contributed by atoms with Crippen molar-refractivity contribution >= 4 is 5.91 Å². The lowest BCUT2D eigenvalue weighted by Crippen LogP contribution is -2.52. The van der Waals surface area contributed by atoms with Crippen molar-refractivity contribution in [2.75, 3.05) is 26.2 Å². The highest BCUT2D eigenvalue weighted by Gasteiger charge is 2.38. The van der Waals surface area contributed by atoms with Crippen molar-refractivity contribution in [1.29, 1.82) is 0 Å². The predicted octanol–water partition coefficient (Wildman–Crippen LogP) is 1.03. The second kappa shape index (κ2) is 4.96. The van der Waals surface area contributed by atoms with Crippen LogP contribution in [-0.2, 0) is 7.05 Å². The molecule has 19 heavy (non-hydrogen) atoms. The molecule has 2 saturated heterocycles. The molecular weight excluding hydrogens is 240 g/mol. The first kappa shape index (κ1) is 12.7. The number of amides is 1. The molecule has 1 N–H and O–H groups in total. The fourth-order valence-electron chi connectivity index (χ4n) is 3.49. The monoisotopic (exact) mass is 262 g/mol. The Hall–Kier alpha value is -1.36. The van der Waals surface area contributed by atoms with Crippen LogP contribution >= 0.6 is 0 Å². The number of piperidine rings is 2. The summed E-state index contributed by atoms with van der Waals surface area (Å²) in [6.45, 7) is 3.95. The van der Waals surface area contributed by atoms with Gasteiger partial charge in [0.05, 0.1) is 12.5 Å². The number of nitrogens with one attached hydrogen (secondary N) is 1. The van der Waals surface area contributed by atoms with Crippen LogP contribution in [0.15, 0.2) is 12.5 Å². The van der Waals surface area contributed by atoms with Gasteiger partial charge in [-0.1, -0.05) is 0 Å². The molecule has 3 heterocycles. The zero-order valence-corrected chi connectivity index (χ0v) is 11.6. The number of carbonyl (C=O) groups excluding carboxylic acids is 1. The van der Waals surface area contributed by atoms with Crippen LogP contribution in [0.5, 0.6) is 0 Å². The Labute approximate surface area is 114 Å². The summed E-state index contributed by atoms with van der Waals surface area (Å²) in [4.78, 5) is 18.6. The lowest BCUT2D eigenvalue weighted by atomic mass is 9.74. The second-order valence-electron chi connectivity index (χ2n) is 6.00. The van der Waals surface area contributed by atoms with Crippen LogP contribution < -0.4 is 5.32 Å². The van der Waals surface area contributed by atoms with Crippen molar-refractivity contribution in [3.8, 4) is 0 Å². The molecule has 0 saturated carbocycles. The summed E-state index contributed by atoms with van der Waals surface area (Å²) in [5, 5.41) is 3.50. The van der Waals surface area contributed by atoms with E-state index >= 15 is 0 Å². The van der Waals surface area contributed by atoms with Gasteiger partial charge in [-0.3, -0.25) is 4.79 Å². The molecule has 104 valence electrons. The van der Waals surface area contributed by atoms with Crippen LogP contribution in [0, 0.1) is 5.41 Å². The van der Waals surface area contributed by atoms with E-state index in [1.807, 2.05) is 16.5 Å². The third-order valence-electron chi connectivity index (χ3n) is 4.55. The lowest BCUT2D eigenvalue weighted by molar-refractivity contribution is 0.0426. The molecule has 2 fully saturated rings. The minimum atomic E-state index is 0.129. The van der Waals surface area contributed by atoms with E-state index in [0.29, 0.717) is 11.1 Å². The molecule has 2 aliphatic rings. The Morgan fingerprint density at radius 1 is 1.42 bits per heavy atom. The van der Waals surface area contributed by atoms with E-state index in [4.69, 9.17) is 0 Å². The van der Waals surface area contributed by atoms with Gasteiger partial charge in [0, 0.05) is 32.1 Å². The van der Waals surface area contributed by atoms with E-state index in [9.17, 15) is 4.79 Å². The largest absolute Gasteiger partial charge is 0.337 e. The van der Waals surface area contributed by atoms with Crippen molar-refractivity contribution in [2.45, 2.75) is 25.7 Å². The van der Waals surface area contributed by atoms with Gasteiger partial charge in [0.15, 0.2) is 0 Å². The van der Waals surface area contributed by atoms with Gasteiger partial charge in [-0.15, -0.1) is 0 Å². The van der Waals surface area contributed by atoms with Gasteiger partial charge in [0.25, 0.3) is 5.91 Å². The number of nitrogens with zero attached hydrogens (tertiary/aromatic N) is 3. The number of hydrogen-bond acceptors (Lipinski definition) is 3. The van der Waals surface area contributed by atoms with Crippen molar-refractivity contribution in [3.63, 3.8) is 0 Å². The highest BCUT2D eigenvalue weighted by Crippen LogP contribution is 2.36. The molecule has 5 heteroatoms. The number of imidazole rings is 1. The molecule has 2 aliphatic heterocycles. The Morgan fingerprint density at radius 2 is 2.26 bits per heavy atom. The van der Waals surface area contributed by atoms with Crippen LogP contribution in [0.4, 0.5) is 0 Å². The Balaban J connectivity index is 1.74. The summed E-state index contributed by atoms with van der Waals surface area (Å²) < 4.78 is 1.81. The van der Waals surface area contributed by atoms with E-state index in [1.54, 1.807) is 12.5 Å². The van der Waals surface area contributed by atoms with Crippen LogP contribution in [0.1, 0.15) is 36.2 Å². The molecule has 1 unspecified atom stereocenters. The van der Waals surface area contributed by atoms with Crippen LogP contribution in [0.3, 0.4) is 0 Å². The first-order chi connectivity index (χ1) is 9.20. The van der Waals surface area contributed by atoms with Crippen LogP contribution in [0.2, 0.25) is 0 Å². The van der Waals surface area contributed by atoms with E-state index in [1.165, 1.54) is 19.3 Å². The van der Waals surface area contributed by atoms with Gasteiger partial charge in [-0.25, -0.2) is 4.98 Å². The number of likely N-dealkylation sites (tertiary alicyclic amines) is 1. The summed E-state index contributed by atoms with van der Waals surface area (Å²) in [7, 11) is 1.88. The number of hydrogen-bond donors (Lipinski definition) is 1. The minimum absolute atomic E-state index is 0.129. The Bertz CT molecular complexity index is 456. The summed E-state index contributed by atoms with van der Waals surface area (Å²) in [5.74, 6) is 0.129. The molecule has 0 bridgehead atoms. The van der Waals surface area contributed by atoms with Crippen LogP contribution in [0.25, 0.3) is 0 Å². The average Bonchev–Trinajstić information content (AvgIpc) is 2.85. The first-order valence-electron chi connectivity index (χ1n) is 7.17. The molecular formula is C14H22N4O. The molecule has 1 aromatic rings. The summed E-state index contributed by atoms with van der Waals surface area (Å²) in [6.07, 6.45) is 8.20. The van der Waals surface area contributed by atoms with Gasteiger partial charge >= 0.3 is 0 Å². The number of rotatable bonds is 1. The van der Waals surface area contributed by atoms with E-state index in [-0.39, 0.29) is 5.91 Å². The Morgan fingerprint density at radius 3 is 2.95 bits per heavy atom. The molecule has 0 aromatic carbocycles. The smallest absolute Gasteiger partial charge is 0.272 e. The standard InChI is InChI=1S/C14H22N4O/c1-17-11-16-8-12(17)13(19)18-7-3-5-14(10-18)4-2-6-15-9-14/h8,11,15H,2-7,9-10H2,1H3. The molecule has 1 atom stereocenters. The normalized spacial score (nSPS) is 27.7. The van der Waals surface area contributed by atoms with E-state index < -0.39 is 0 Å². The van der Waals surface area contributed by atoms with Crippen LogP contribution in [-0.4, -0.2) is 46.5 Å². The van der Waals surface area contributed by atoms with Crippen molar-refractivity contribution in [3.05, 3.63) is 18.2 Å². The third-order valence-corrected chi connectivity index (χ3v) is 4.55. The second-order valence-corrected chi connectivity index (χ2v) is 6.00. The highest BCUT2D eigenvalue weighted by molar-refractivity contribution is 5.92. The highest BCUT2D eigenvalue weighted by atomic mass is 16.2. The Kier molecular flexibility index (Phi) is 3.31. The maximum Gasteiger partial charge on any atom is 0.272 e. The van der Waals surface area contributed by atoms with Gasteiger partial charge in [-0.2, -0.15) is 0 Å². The summed E-state index contributed by atoms with van der Waals surface area (Å²) >= 11 is 0. The van der Waals surface area contributed by atoms with Crippen molar-refractivity contribution in [1.82, 2.24) is 19.8 Å². The fourth-order valence-corrected chi connectivity index (χ4v) is 3.49. The molecule has 1 aromatic heterocycles. The van der Waals surface area contributed by atoms with Gasteiger partial charge < -0.3 is 14.8 Å². The average molecular weight is 262 g/mol. The zero-order chi connectivity index (χ0) is 13.3. The third kappa shape index (κ3) is 2.39. The first-order valence-corrected chi connectivity index (χ1v) is 7.17. The number of aryl methyl sites for hydroxylation is 1. The summed E-state index contributed by atoms with van der Waals surface area (Å²) in [6, 6.07) is 0. The number of aromatic nitrogens is 2. The summed E-state index contributed by atoms with van der Waals surface area (Å²) in [5.41, 5.74) is 1.01. The predicted molar refractivity (Wildman–Crippen MR) is 72.9 cm³/mol. The molecule has 3 rings (SSSR count). The topological polar surface area (TPSA) is 50.2 Å². The van der Waals surface area contributed by atoms with Gasteiger partial charge in [0.2, 0.25) is 0 Å². The SMILES string of the molecule is Cn1cncc1C(=O)N1CCCC2(CCCNC2)C1. The maximum absolute atomic E-state index is 12.6. The van der Waals surface area contributed by atoms with E-state index in [2.05, 4.69) is 10.3 Å². The van der Waals surface area contributed by atoms with Crippen molar-refractivity contribution < 1.29 is 4.79 Å². The molecule has 1 spiro atoms. The van der Waals surface area contributed by atoms with Gasteiger partial charge in [-0.05, 0) is 32.2 Å². The molecule has 0 aliphatic carbocycles. The maximum atomic E-state index is 12.6. The van der Waals surface area contributed by atoms with Gasteiger partial charge in [0.1, 0.15) is 5.69 Å². The molecule has 5 nitrogen and oxygen atoms in total. The van der Waals surface area contributed by atoms with Crippen molar-refractivity contribution in [2.24, 2.45) is 12.5 Å². The molecule has 0 radical (unpaired) electrons. The zero-order valence-electron chi connectivity index (χ0n) is 11.6.